The van der Waals surface area contributed by atoms with Gasteiger partial charge in [-0.15, -0.1) is 13.2 Å². The van der Waals surface area contributed by atoms with Gasteiger partial charge in [0.1, 0.15) is 11.3 Å². The second-order valence-electron chi connectivity index (χ2n) is 2.87. The summed E-state index contributed by atoms with van der Waals surface area (Å²) in [7, 11) is 0. The van der Waals surface area contributed by atoms with Gasteiger partial charge in [-0.3, -0.25) is 4.79 Å². The number of nitrogens with zero attached hydrogens (tertiary/aromatic N) is 1. The van der Waals surface area contributed by atoms with Gasteiger partial charge in [-0.2, -0.15) is 13.2 Å². The molecule has 0 saturated heterocycles. The van der Waals surface area contributed by atoms with Gasteiger partial charge < -0.3 is 4.74 Å². The number of pyridine rings is 1. The van der Waals surface area contributed by atoms with Gasteiger partial charge in [0.25, 0.3) is 0 Å². The van der Waals surface area contributed by atoms with Crippen molar-refractivity contribution in [1.29, 1.82) is 0 Å². The Kier molecular flexibility index (Phi) is 4.08. The number of hydrogen-bond donors (Lipinski definition) is 0. The van der Waals surface area contributed by atoms with E-state index in [9.17, 15) is 31.1 Å². The van der Waals surface area contributed by atoms with E-state index >= 15 is 0 Å². The maximum Gasteiger partial charge on any atom is 0.574 e. The monoisotopic (exact) mass is 385 g/mol. The van der Waals surface area contributed by atoms with Crippen molar-refractivity contribution in [3.63, 3.8) is 0 Å². The highest BCUT2D eigenvalue weighted by molar-refractivity contribution is 14.1. The van der Waals surface area contributed by atoms with Crippen molar-refractivity contribution in [2.24, 2.45) is 0 Å². The van der Waals surface area contributed by atoms with Crippen LogP contribution in [0.4, 0.5) is 26.3 Å². The smallest absolute Gasteiger partial charge is 0.387 e. The topological polar surface area (TPSA) is 39.2 Å². The summed E-state index contributed by atoms with van der Waals surface area (Å²) in [5.41, 5.74) is -2.27. The molecule has 0 aliphatic heterocycles. The molecular formula is C8H2F6INO2. The molecule has 0 spiro atoms. The van der Waals surface area contributed by atoms with E-state index in [0.717, 1.165) is 22.6 Å². The normalized spacial score (nSPS) is 12.4. The van der Waals surface area contributed by atoms with Gasteiger partial charge in [-0.1, -0.05) is 0 Å². The summed E-state index contributed by atoms with van der Waals surface area (Å²) in [5.74, 6) is -1.69. The zero-order valence-electron chi connectivity index (χ0n) is 8.06. The minimum absolute atomic E-state index is 0.0194. The first-order chi connectivity index (χ1) is 8.04. The Labute approximate surface area is 109 Å². The number of carbonyl (C=O) groups excluding carboxylic acids is 1. The van der Waals surface area contributed by atoms with E-state index in [2.05, 4.69) is 9.72 Å². The molecule has 0 unspecified atom stereocenters. The van der Waals surface area contributed by atoms with Crippen LogP contribution in [0.3, 0.4) is 0 Å². The van der Waals surface area contributed by atoms with Gasteiger partial charge in [0.05, 0.1) is 0 Å². The van der Waals surface area contributed by atoms with E-state index in [1.165, 1.54) is 0 Å². The largest absolute Gasteiger partial charge is 0.574 e. The number of aromatic nitrogens is 1. The van der Waals surface area contributed by atoms with Gasteiger partial charge in [0.2, 0.25) is 5.88 Å². The second kappa shape index (κ2) is 4.90. The van der Waals surface area contributed by atoms with Crippen LogP contribution in [0.5, 0.6) is 5.88 Å². The third-order valence-electron chi connectivity index (χ3n) is 1.57. The van der Waals surface area contributed by atoms with Gasteiger partial charge in [-0.05, 0) is 28.7 Å². The van der Waals surface area contributed by atoms with Crippen LogP contribution >= 0.6 is 22.6 Å². The van der Waals surface area contributed by atoms with Crippen LogP contribution < -0.4 is 4.74 Å². The molecule has 0 radical (unpaired) electrons. The molecule has 1 aromatic rings. The van der Waals surface area contributed by atoms with Crippen molar-refractivity contribution in [3.8, 4) is 5.88 Å². The molecule has 0 N–H and O–H groups in total. The van der Waals surface area contributed by atoms with Gasteiger partial charge >= 0.3 is 12.5 Å². The maximum absolute atomic E-state index is 12.5. The Hall–Kier alpha value is -1.07. The molecule has 10 heteroatoms. The van der Waals surface area contributed by atoms with Crippen LogP contribution in [-0.2, 0) is 6.18 Å². The van der Waals surface area contributed by atoms with E-state index in [-0.39, 0.29) is 6.29 Å². The maximum atomic E-state index is 12.5. The Bertz CT molecular complexity index is 470. The van der Waals surface area contributed by atoms with Crippen molar-refractivity contribution in [3.05, 3.63) is 20.9 Å². The van der Waals surface area contributed by atoms with E-state index in [1.54, 1.807) is 0 Å². The molecule has 0 bridgehead atoms. The molecular weight excluding hydrogens is 383 g/mol. The minimum atomic E-state index is -5.34. The Morgan fingerprint density at radius 3 is 2.17 bits per heavy atom. The van der Waals surface area contributed by atoms with E-state index in [4.69, 9.17) is 0 Å². The molecule has 18 heavy (non-hydrogen) atoms. The lowest BCUT2D eigenvalue weighted by Crippen LogP contribution is -2.22. The lowest BCUT2D eigenvalue weighted by atomic mass is 10.2. The Morgan fingerprint density at radius 2 is 1.78 bits per heavy atom. The van der Waals surface area contributed by atoms with Crippen molar-refractivity contribution in [2.45, 2.75) is 12.5 Å². The number of alkyl halides is 6. The minimum Gasteiger partial charge on any atom is -0.387 e. The predicted molar refractivity (Wildman–Crippen MR) is 54.0 cm³/mol. The number of aldehydes is 1. The summed E-state index contributed by atoms with van der Waals surface area (Å²) >= 11 is 1.15. The van der Waals surface area contributed by atoms with Crippen LogP contribution in [0, 0.1) is 3.57 Å². The highest BCUT2D eigenvalue weighted by Gasteiger charge is 2.42. The van der Waals surface area contributed by atoms with Crippen molar-refractivity contribution in [2.75, 3.05) is 0 Å². The molecule has 0 amide bonds. The first kappa shape index (κ1) is 15.0. The lowest BCUT2D eigenvalue weighted by molar-refractivity contribution is -0.278. The number of rotatable bonds is 2. The fraction of sp³-hybridized carbons (Fsp3) is 0.250. The van der Waals surface area contributed by atoms with Crippen LogP contribution in [0.2, 0.25) is 0 Å². The molecule has 100 valence electrons. The first-order valence-corrected chi connectivity index (χ1v) is 5.11. The molecule has 0 saturated carbocycles. The van der Waals surface area contributed by atoms with Gasteiger partial charge in [0, 0.05) is 3.57 Å². The van der Waals surface area contributed by atoms with E-state index < -0.39 is 33.2 Å². The fourth-order valence-electron chi connectivity index (χ4n) is 1.01. The quantitative estimate of drug-likeness (QED) is 0.445. The zero-order valence-corrected chi connectivity index (χ0v) is 10.2. The number of hydrogen-bond acceptors (Lipinski definition) is 3. The highest BCUT2D eigenvalue weighted by Crippen LogP contribution is 2.40. The van der Waals surface area contributed by atoms with E-state index in [1.807, 2.05) is 0 Å². The number of carbonyl (C=O) groups is 1. The summed E-state index contributed by atoms with van der Waals surface area (Å²) in [4.78, 5) is 13.2. The SMILES string of the molecule is O=Cc1cc(I)c(C(F)(F)F)c(OC(F)(F)F)n1. The van der Waals surface area contributed by atoms with Gasteiger partial charge in [0.15, 0.2) is 6.29 Å². The summed E-state index contributed by atoms with van der Waals surface area (Å²) in [6.45, 7) is 0. The third-order valence-corrected chi connectivity index (χ3v) is 2.43. The fourth-order valence-corrected chi connectivity index (χ4v) is 1.87. The molecule has 3 nitrogen and oxygen atoms in total. The van der Waals surface area contributed by atoms with Gasteiger partial charge in [-0.25, -0.2) is 4.98 Å². The second-order valence-corrected chi connectivity index (χ2v) is 4.03. The standard InChI is InChI=1S/C8H2F6INO2/c9-7(10,11)5-4(15)1-3(2-17)16-6(5)18-8(12,13)14/h1-2H. The van der Waals surface area contributed by atoms with Crippen LogP contribution in [-0.4, -0.2) is 17.6 Å². The molecule has 1 rings (SSSR count). The highest BCUT2D eigenvalue weighted by atomic mass is 127. The summed E-state index contributed by atoms with van der Waals surface area (Å²) in [6, 6.07) is 0.708. The molecule has 0 fully saturated rings. The average molecular weight is 385 g/mol. The number of halogens is 7. The first-order valence-electron chi connectivity index (χ1n) is 4.03. The van der Waals surface area contributed by atoms with Crippen molar-refractivity contribution < 1.29 is 35.9 Å². The van der Waals surface area contributed by atoms with Crippen LogP contribution in [0.15, 0.2) is 6.07 Å². The summed E-state index contributed by atoms with van der Waals surface area (Å²) in [5, 5.41) is 0. The zero-order chi connectivity index (χ0) is 14.1. The van der Waals surface area contributed by atoms with Crippen LogP contribution in [0.25, 0.3) is 0 Å². The third kappa shape index (κ3) is 3.71. The molecule has 1 heterocycles. The molecule has 0 aliphatic rings. The molecule has 0 aromatic carbocycles. The predicted octanol–water partition coefficient (Wildman–Crippen LogP) is 3.42. The summed E-state index contributed by atoms with van der Waals surface area (Å²) in [6.07, 6.45) is -10.4. The number of ether oxygens (including phenoxy) is 1. The Morgan fingerprint density at radius 1 is 1.22 bits per heavy atom. The summed E-state index contributed by atoms with van der Waals surface area (Å²) < 4.78 is 76.1. The Balaban J connectivity index is 3.44. The van der Waals surface area contributed by atoms with E-state index in [0.29, 0.717) is 6.07 Å². The average Bonchev–Trinajstić information content (AvgIpc) is 2.11. The molecule has 0 atom stereocenters. The molecule has 1 aromatic heterocycles. The van der Waals surface area contributed by atoms with Crippen molar-refractivity contribution in [1.82, 2.24) is 4.98 Å². The molecule has 0 aliphatic carbocycles. The van der Waals surface area contributed by atoms with Crippen molar-refractivity contribution >= 4 is 28.9 Å². The lowest BCUT2D eigenvalue weighted by Gasteiger charge is -2.15. The van der Waals surface area contributed by atoms with Crippen LogP contribution in [0.1, 0.15) is 16.1 Å².